The van der Waals surface area contributed by atoms with Gasteiger partial charge in [-0.1, -0.05) is 12.8 Å². The van der Waals surface area contributed by atoms with Crippen molar-refractivity contribution in [2.45, 2.75) is 32.7 Å². The smallest absolute Gasteiger partial charge is 0.0602 e. The number of rotatable bonds is 6. The average molecular weight is 224 g/mol. The van der Waals surface area contributed by atoms with Crippen molar-refractivity contribution in [1.29, 1.82) is 0 Å². The second-order valence-corrected chi connectivity index (χ2v) is 4.36. The van der Waals surface area contributed by atoms with E-state index in [2.05, 4.69) is 28.6 Å². The first kappa shape index (κ1) is 13.5. The predicted octanol–water partition coefficient (Wildman–Crippen LogP) is 0.788. The lowest BCUT2D eigenvalue weighted by molar-refractivity contribution is 0.151. The summed E-state index contributed by atoms with van der Waals surface area (Å²) >= 11 is 0. The zero-order valence-corrected chi connectivity index (χ0v) is 10.6. The standard InChI is InChI=1S/C13H24N2O/c1-3-5-8-14-9-6-13(12-14)15(7-4-2)10-11-16/h13,16H,4,6-12H2,1-2H3. The lowest BCUT2D eigenvalue weighted by Crippen LogP contribution is -2.39. The fraction of sp³-hybridized carbons (Fsp3) is 0.846. The molecule has 1 rings (SSSR count). The summed E-state index contributed by atoms with van der Waals surface area (Å²) in [5.74, 6) is 6.07. The summed E-state index contributed by atoms with van der Waals surface area (Å²) in [7, 11) is 0. The molecule has 3 nitrogen and oxygen atoms in total. The third-order valence-corrected chi connectivity index (χ3v) is 3.14. The van der Waals surface area contributed by atoms with Crippen LogP contribution < -0.4 is 0 Å². The molecule has 0 bridgehead atoms. The molecule has 0 aromatic carbocycles. The van der Waals surface area contributed by atoms with Gasteiger partial charge >= 0.3 is 0 Å². The molecule has 92 valence electrons. The fourth-order valence-electron chi connectivity index (χ4n) is 2.34. The monoisotopic (exact) mass is 224 g/mol. The van der Waals surface area contributed by atoms with E-state index in [0.29, 0.717) is 6.04 Å². The Kier molecular flexibility index (Phi) is 6.47. The van der Waals surface area contributed by atoms with Gasteiger partial charge in [-0.25, -0.2) is 0 Å². The first-order chi connectivity index (χ1) is 7.81. The lowest BCUT2D eigenvalue weighted by atomic mass is 10.2. The summed E-state index contributed by atoms with van der Waals surface area (Å²) in [5.41, 5.74) is 0. The van der Waals surface area contributed by atoms with Crippen molar-refractivity contribution in [1.82, 2.24) is 9.80 Å². The molecule has 0 radical (unpaired) electrons. The molecule has 1 aliphatic heterocycles. The molecule has 3 heteroatoms. The van der Waals surface area contributed by atoms with Crippen molar-refractivity contribution in [3.05, 3.63) is 0 Å². The van der Waals surface area contributed by atoms with Gasteiger partial charge < -0.3 is 5.11 Å². The van der Waals surface area contributed by atoms with Crippen molar-refractivity contribution in [2.75, 3.05) is 39.3 Å². The minimum Gasteiger partial charge on any atom is -0.395 e. The van der Waals surface area contributed by atoms with Gasteiger partial charge in [0.1, 0.15) is 0 Å². The maximum Gasteiger partial charge on any atom is 0.0602 e. The van der Waals surface area contributed by atoms with Crippen LogP contribution in [0, 0.1) is 11.8 Å². The first-order valence-corrected chi connectivity index (χ1v) is 6.28. The number of likely N-dealkylation sites (tertiary alicyclic amines) is 1. The van der Waals surface area contributed by atoms with Crippen LogP contribution in [0.4, 0.5) is 0 Å². The SMILES string of the molecule is CC#CCN1CCC(N(CCC)CCO)C1. The molecule has 1 saturated heterocycles. The van der Waals surface area contributed by atoms with Crippen LogP contribution in [0.5, 0.6) is 0 Å². The largest absolute Gasteiger partial charge is 0.395 e. The summed E-state index contributed by atoms with van der Waals surface area (Å²) in [5, 5.41) is 9.05. The van der Waals surface area contributed by atoms with E-state index in [1.807, 2.05) is 6.92 Å². The van der Waals surface area contributed by atoms with Gasteiger partial charge in [0.15, 0.2) is 0 Å². The van der Waals surface area contributed by atoms with Crippen LogP contribution in [0.25, 0.3) is 0 Å². The van der Waals surface area contributed by atoms with Crippen LogP contribution in [0.2, 0.25) is 0 Å². The summed E-state index contributed by atoms with van der Waals surface area (Å²) < 4.78 is 0. The van der Waals surface area contributed by atoms with Crippen molar-refractivity contribution >= 4 is 0 Å². The third kappa shape index (κ3) is 4.13. The van der Waals surface area contributed by atoms with Gasteiger partial charge in [-0.05, 0) is 26.3 Å². The minimum absolute atomic E-state index is 0.269. The maximum atomic E-state index is 9.05. The van der Waals surface area contributed by atoms with E-state index < -0.39 is 0 Å². The number of nitrogens with zero attached hydrogens (tertiary/aromatic N) is 2. The highest BCUT2D eigenvalue weighted by atomic mass is 16.3. The Balaban J connectivity index is 2.38. The zero-order chi connectivity index (χ0) is 11.8. The highest BCUT2D eigenvalue weighted by molar-refractivity contribution is 4.99. The van der Waals surface area contributed by atoms with Crippen LogP contribution in [-0.2, 0) is 0 Å². The Hall–Kier alpha value is -0.560. The van der Waals surface area contributed by atoms with Gasteiger partial charge in [0.2, 0.25) is 0 Å². The zero-order valence-electron chi connectivity index (χ0n) is 10.6. The predicted molar refractivity (Wildman–Crippen MR) is 67.2 cm³/mol. The maximum absolute atomic E-state index is 9.05. The molecular weight excluding hydrogens is 200 g/mol. The van der Waals surface area contributed by atoms with Gasteiger partial charge in [-0.2, -0.15) is 0 Å². The first-order valence-electron chi connectivity index (χ1n) is 6.28. The average Bonchev–Trinajstić information content (AvgIpc) is 2.74. The molecule has 1 aliphatic rings. The molecule has 1 N–H and O–H groups in total. The Labute approximate surface area is 99.4 Å². The number of aliphatic hydroxyl groups is 1. The summed E-state index contributed by atoms with van der Waals surface area (Å²) in [6.45, 7) is 9.41. The van der Waals surface area contributed by atoms with Crippen LogP contribution in [-0.4, -0.2) is 60.3 Å². The highest BCUT2D eigenvalue weighted by Crippen LogP contribution is 2.15. The van der Waals surface area contributed by atoms with Crippen LogP contribution >= 0.6 is 0 Å². The molecule has 1 unspecified atom stereocenters. The van der Waals surface area contributed by atoms with Crippen LogP contribution in [0.3, 0.4) is 0 Å². The molecular formula is C13H24N2O. The summed E-state index contributed by atoms with van der Waals surface area (Å²) in [4.78, 5) is 4.82. The van der Waals surface area contributed by atoms with Gasteiger partial charge in [0.25, 0.3) is 0 Å². The second-order valence-electron chi connectivity index (χ2n) is 4.36. The minimum atomic E-state index is 0.269. The molecule has 0 aliphatic carbocycles. The molecule has 16 heavy (non-hydrogen) atoms. The Morgan fingerprint density at radius 2 is 2.25 bits per heavy atom. The van der Waals surface area contributed by atoms with E-state index in [1.54, 1.807) is 0 Å². The van der Waals surface area contributed by atoms with E-state index >= 15 is 0 Å². The number of aliphatic hydroxyl groups excluding tert-OH is 1. The highest BCUT2D eigenvalue weighted by Gasteiger charge is 2.26. The quantitative estimate of drug-likeness (QED) is 0.676. The second kappa shape index (κ2) is 7.67. The Morgan fingerprint density at radius 3 is 2.88 bits per heavy atom. The van der Waals surface area contributed by atoms with Crippen LogP contribution in [0.1, 0.15) is 26.7 Å². The molecule has 1 atom stereocenters. The molecule has 0 aromatic heterocycles. The van der Waals surface area contributed by atoms with Gasteiger partial charge in [-0.3, -0.25) is 9.80 Å². The number of hydrogen-bond donors (Lipinski definition) is 1. The van der Waals surface area contributed by atoms with Crippen molar-refractivity contribution in [3.63, 3.8) is 0 Å². The molecule has 0 amide bonds. The van der Waals surface area contributed by atoms with Gasteiger partial charge in [-0.15, -0.1) is 5.92 Å². The third-order valence-electron chi connectivity index (χ3n) is 3.14. The fourth-order valence-corrected chi connectivity index (χ4v) is 2.34. The summed E-state index contributed by atoms with van der Waals surface area (Å²) in [6, 6.07) is 0.616. The normalized spacial score (nSPS) is 21.1. The van der Waals surface area contributed by atoms with E-state index in [0.717, 1.165) is 39.1 Å². The van der Waals surface area contributed by atoms with Crippen LogP contribution in [0.15, 0.2) is 0 Å². The van der Waals surface area contributed by atoms with E-state index in [9.17, 15) is 0 Å². The topological polar surface area (TPSA) is 26.7 Å². The Bertz CT molecular complexity index is 238. The number of hydrogen-bond acceptors (Lipinski definition) is 3. The van der Waals surface area contributed by atoms with Crippen molar-refractivity contribution in [2.24, 2.45) is 0 Å². The molecule has 0 saturated carbocycles. The molecule has 0 spiro atoms. The molecule has 1 heterocycles. The molecule has 0 aromatic rings. The van der Waals surface area contributed by atoms with E-state index in [1.165, 1.54) is 6.42 Å². The van der Waals surface area contributed by atoms with Gasteiger partial charge in [0, 0.05) is 25.7 Å². The van der Waals surface area contributed by atoms with Crippen molar-refractivity contribution < 1.29 is 5.11 Å². The Morgan fingerprint density at radius 1 is 1.44 bits per heavy atom. The van der Waals surface area contributed by atoms with E-state index in [4.69, 9.17) is 5.11 Å². The van der Waals surface area contributed by atoms with Gasteiger partial charge in [0.05, 0.1) is 13.2 Å². The summed E-state index contributed by atoms with van der Waals surface area (Å²) in [6.07, 6.45) is 2.37. The molecule has 1 fully saturated rings. The lowest BCUT2D eigenvalue weighted by Gasteiger charge is -2.27. The van der Waals surface area contributed by atoms with Crippen molar-refractivity contribution in [3.8, 4) is 11.8 Å². The van der Waals surface area contributed by atoms with E-state index in [-0.39, 0.29) is 6.61 Å².